The monoisotopic (exact) mass is 365 g/mol. The molecule has 0 bridgehead atoms. The van der Waals surface area contributed by atoms with Gasteiger partial charge in [0.2, 0.25) is 0 Å². The summed E-state index contributed by atoms with van der Waals surface area (Å²) in [6.45, 7) is -0.146. The predicted octanol–water partition coefficient (Wildman–Crippen LogP) is 3.31. The van der Waals surface area contributed by atoms with Crippen molar-refractivity contribution in [1.82, 2.24) is 0 Å². The van der Waals surface area contributed by atoms with Gasteiger partial charge in [0.1, 0.15) is 17.1 Å². The van der Waals surface area contributed by atoms with Gasteiger partial charge in [-0.05, 0) is 61.2 Å². The molecule has 6 heteroatoms. The fourth-order valence-corrected chi connectivity index (χ4v) is 3.37. The van der Waals surface area contributed by atoms with E-state index in [4.69, 9.17) is 13.9 Å². The first-order valence-electron chi connectivity index (χ1n) is 8.79. The Kier molecular flexibility index (Phi) is 4.54. The summed E-state index contributed by atoms with van der Waals surface area (Å²) in [6, 6.07) is 12.4. The van der Waals surface area contributed by atoms with Crippen LogP contribution >= 0.6 is 0 Å². The number of hydrogen-bond acceptors (Lipinski definition) is 5. The number of methoxy groups -OCH3 is 1. The van der Waals surface area contributed by atoms with Crippen LogP contribution in [0.5, 0.6) is 11.5 Å². The zero-order valence-electron chi connectivity index (χ0n) is 14.9. The number of aryl methyl sites for hydroxylation is 1. The molecule has 138 valence electrons. The third-order valence-electron chi connectivity index (χ3n) is 4.69. The average Bonchev–Trinajstić information content (AvgIpc) is 3.18. The highest BCUT2D eigenvalue weighted by Gasteiger charge is 2.19. The molecule has 27 heavy (non-hydrogen) atoms. The minimum atomic E-state index is -0.282. The number of ether oxygens (including phenoxy) is 2. The molecule has 0 atom stereocenters. The molecule has 0 unspecified atom stereocenters. The molecular weight excluding hydrogens is 346 g/mol. The summed E-state index contributed by atoms with van der Waals surface area (Å²) < 4.78 is 16.1. The van der Waals surface area contributed by atoms with Gasteiger partial charge in [-0.15, -0.1) is 0 Å². The van der Waals surface area contributed by atoms with Gasteiger partial charge in [-0.25, -0.2) is 4.79 Å². The van der Waals surface area contributed by atoms with E-state index in [-0.39, 0.29) is 18.1 Å². The standard InChI is InChI=1S/C21H19NO5/c1-25-14-7-5-13(6-8-14)22-20(23)12-26-15-9-10-17-16-3-2-4-18(16)21(24)27-19(17)11-15/h5-11H,2-4,12H2,1H3,(H,22,23). The van der Waals surface area contributed by atoms with Crippen LogP contribution in [0.4, 0.5) is 5.69 Å². The predicted molar refractivity (Wildman–Crippen MR) is 102 cm³/mol. The van der Waals surface area contributed by atoms with Crippen LogP contribution in [0.2, 0.25) is 0 Å². The third kappa shape index (κ3) is 3.51. The third-order valence-corrected chi connectivity index (χ3v) is 4.69. The average molecular weight is 365 g/mol. The highest BCUT2D eigenvalue weighted by atomic mass is 16.5. The van der Waals surface area contributed by atoms with Gasteiger partial charge in [0, 0.05) is 22.7 Å². The van der Waals surface area contributed by atoms with Crippen LogP contribution in [-0.4, -0.2) is 19.6 Å². The molecule has 3 aromatic rings. The van der Waals surface area contributed by atoms with E-state index in [1.165, 1.54) is 0 Å². The van der Waals surface area contributed by atoms with Crippen molar-refractivity contribution in [2.24, 2.45) is 0 Å². The second kappa shape index (κ2) is 7.15. The molecule has 1 aromatic heterocycles. The summed E-state index contributed by atoms with van der Waals surface area (Å²) in [5.41, 5.74) is 2.74. The van der Waals surface area contributed by atoms with Crippen molar-refractivity contribution < 1.29 is 18.7 Å². The van der Waals surface area contributed by atoms with Gasteiger partial charge in [-0.1, -0.05) is 0 Å². The van der Waals surface area contributed by atoms with E-state index >= 15 is 0 Å². The number of nitrogens with one attached hydrogen (secondary N) is 1. The Bertz CT molecular complexity index is 1050. The Labute approximate surface area is 155 Å². The van der Waals surface area contributed by atoms with Gasteiger partial charge in [0.15, 0.2) is 6.61 Å². The molecule has 1 aliphatic carbocycles. The van der Waals surface area contributed by atoms with Crippen LogP contribution in [0.15, 0.2) is 51.7 Å². The fraction of sp³-hybridized carbons (Fsp3) is 0.238. The van der Waals surface area contributed by atoms with Crippen LogP contribution in [0.1, 0.15) is 17.5 Å². The van der Waals surface area contributed by atoms with Crippen molar-refractivity contribution in [3.05, 3.63) is 64.0 Å². The maximum absolute atomic E-state index is 12.1. The molecular formula is C21H19NO5. The van der Waals surface area contributed by atoms with Crippen molar-refractivity contribution in [3.63, 3.8) is 0 Å². The lowest BCUT2D eigenvalue weighted by molar-refractivity contribution is -0.118. The second-order valence-electron chi connectivity index (χ2n) is 6.42. The smallest absolute Gasteiger partial charge is 0.339 e. The minimum Gasteiger partial charge on any atom is -0.497 e. The minimum absolute atomic E-state index is 0.146. The second-order valence-corrected chi connectivity index (χ2v) is 6.42. The molecule has 0 radical (unpaired) electrons. The van der Waals surface area contributed by atoms with E-state index in [9.17, 15) is 9.59 Å². The number of anilines is 1. The zero-order chi connectivity index (χ0) is 18.8. The van der Waals surface area contributed by atoms with Crippen LogP contribution in [0, 0.1) is 0 Å². The van der Waals surface area contributed by atoms with Crippen LogP contribution in [0.3, 0.4) is 0 Å². The summed E-state index contributed by atoms with van der Waals surface area (Å²) in [5.74, 6) is 0.914. The maximum atomic E-state index is 12.1. The quantitative estimate of drug-likeness (QED) is 0.702. The largest absolute Gasteiger partial charge is 0.497 e. The molecule has 2 aromatic carbocycles. The van der Waals surface area contributed by atoms with Gasteiger partial charge in [0.05, 0.1) is 7.11 Å². The lowest BCUT2D eigenvalue weighted by Gasteiger charge is -2.09. The van der Waals surface area contributed by atoms with Crippen LogP contribution < -0.4 is 20.4 Å². The van der Waals surface area contributed by atoms with E-state index in [1.807, 2.05) is 6.07 Å². The van der Waals surface area contributed by atoms with Gasteiger partial charge in [0.25, 0.3) is 5.91 Å². The SMILES string of the molecule is COc1ccc(NC(=O)COc2ccc3c4c(c(=O)oc3c2)CCC4)cc1. The maximum Gasteiger partial charge on any atom is 0.339 e. The number of amides is 1. The lowest BCUT2D eigenvalue weighted by Crippen LogP contribution is -2.20. The van der Waals surface area contributed by atoms with E-state index in [2.05, 4.69) is 5.32 Å². The Morgan fingerprint density at radius 3 is 2.59 bits per heavy atom. The highest BCUT2D eigenvalue weighted by Crippen LogP contribution is 2.29. The summed E-state index contributed by atoms with van der Waals surface area (Å²) in [7, 11) is 1.58. The van der Waals surface area contributed by atoms with Crippen molar-refractivity contribution in [2.75, 3.05) is 19.0 Å². The summed E-state index contributed by atoms with van der Waals surface area (Å²) in [5, 5.41) is 3.69. The number of hydrogen-bond donors (Lipinski definition) is 1. The van der Waals surface area contributed by atoms with E-state index < -0.39 is 0 Å². The van der Waals surface area contributed by atoms with E-state index in [0.717, 1.165) is 35.8 Å². The van der Waals surface area contributed by atoms with Crippen molar-refractivity contribution in [3.8, 4) is 11.5 Å². The molecule has 1 amide bonds. The molecule has 6 nitrogen and oxygen atoms in total. The Hall–Kier alpha value is -3.28. The highest BCUT2D eigenvalue weighted by molar-refractivity contribution is 5.92. The molecule has 4 rings (SSSR count). The summed E-state index contributed by atoms with van der Waals surface area (Å²) in [6.07, 6.45) is 2.64. The number of fused-ring (bicyclic) bond motifs is 3. The summed E-state index contributed by atoms with van der Waals surface area (Å²) >= 11 is 0. The number of carbonyl (C=O) groups is 1. The number of carbonyl (C=O) groups excluding carboxylic acids is 1. The molecule has 1 N–H and O–H groups in total. The van der Waals surface area contributed by atoms with Crippen LogP contribution in [-0.2, 0) is 17.6 Å². The van der Waals surface area contributed by atoms with Gasteiger partial charge in [-0.3, -0.25) is 4.79 Å². The topological polar surface area (TPSA) is 77.8 Å². The van der Waals surface area contributed by atoms with Crippen LogP contribution in [0.25, 0.3) is 11.0 Å². The number of benzene rings is 2. The summed E-state index contributed by atoms with van der Waals surface area (Å²) in [4.78, 5) is 24.1. The normalized spacial score (nSPS) is 12.6. The van der Waals surface area contributed by atoms with Crippen molar-refractivity contribution in [1.29, 1.82) is 0 Å². The van der Waals surface area contributed by atoms with E-state index in [1.54, 1.807) is 43.5 Å². The van der Waals surface area contributed by atoms with E-state index in [0.29, 0.717) is 22.8 Å². The Balaban J connectivity index is 1.44. The molecule has 0 aliphatic heterocycles. The first-order chi connectivity index (χ1) is 13.1. The molecule has 0 fully saturated rings. The Morgan fingerprint density at radius 2 is 1.81 bits per heavy atom. The van der Waals surface area contributed by atoms with Gasteiger partial charge in [-0.2, -0.15) is 0 Å². The Morgan fingerprint density at radius 1 is 1.07 bits per heavy atom. The fourth-order valence-electron chi connectivity index (χ4n) is 3.37. The molecule has 1 aliphatic rings. The first-order valence-corrected chi connectivity index (χ1v) is 8.79. The molecule has 0 saturated carbocycles. The first kappa shape index (κ1) is 17.1. The molecule has 0 spiro atoms. The number of rotatable bonds is 5. The van der Waals surface area contributed by atoms with Gasteiger partial charge >= 0.3 is 5.63 Å². The van der Waals surface area contributed by atoms with Gasteiger partial charge < -0.3 is 19.2 Å². The molecule has 1 heterocycles. The van der Waals surface area contributed by atoms with Crippen molar-refractivity contribution >= 4 is 22.6 Å². The lowest BCUT2D eigenvalue weighted by atomic mass is 10.1. The molecule has 0 saturated heterocycles. The zero-order valence-corrected chi connectivity index (χ0v) is 14.9. The van der Waals surface area contributed by atoms with Crippen molar-refractivity contribution in [2.45, 2.75) is 19.3 Å².